The predicted molar refractivity (Wildman–Crippen MR) is 60.3 cm³/mol. The topological polar surface area (TPSA) is 46.3 Å². The highest BCUT2D eigenvalue weighted by Crippen LogP contribution is 2.35. The number of rotatable bonds is 1. The van der Waals surface area contributed by atoms with E-state index in [2.05, 4.69) is 4.90 Å². The number of carbonyl (C=O) groups is 1. The lowest BCUT2D eigenvalue weighted by Crippen LogP contribution is -2.53. The lowest BCUT2D eigenvalue weighted by atomic mass is 9.78. The first kappa shape index (κ1) is 10.9. The van der Waals surface area contributed by atoms with E-state index in [-0.39, 0.29) is 11.9 Å². The number of piperidine rings is 1. The second-order valence-corrected chi connectivity index (χ2v) is 5.07. The van der Waals surface area contributed by atoms with Crippen molar-refractivity contribution in [1.82, 2.24) is 4.90 Å². The minimum Gasteiger partial charge on any atom is -0.338 e. The van der Waals surface area contributed by atoms with Gasteiger partial charge in [0.15, 0.2) is 0 Å². The van der Waals surface area contributed by atoms with Gasteiger partial charge in [0.2, 0.25) is 5.91 Å². The lowest BCUT2D eigenvalue weighted by Gasteiger charge is -2.44. The lowest BCUT2D eigenvalue weighted by molar-refractivity contribution is -0.138. The van der Waals surface area contributed by atoms with E-state index in [4.69, 9.17) is 5.73 Å². The van der Waals surface area contributed by atoms with Gasteiger partial charge in [0.1, 0.15) is 0 Å². The van der Waals surface area contributed by atoms with Gasteiger partial charge in [-0.3, -0.25) is 4.79 Å². The number of carbonyl (C=O) groups excluding carboxylic acids is 1. The number of nitrogens with zero attached hydrogens (tertiary/aromatic N) is 1. The molecule has 0 bridgehead atoms. The number of amides is 1. The van der Waals surface area contributed by atoms with Crippen LogP contribution in [0.3, 0.4) is 0 Å². The second kappa shape index (κ2) is 4.52. The molecule has 1 aliphatic heterocycles. The molecule has 0 aromatic heterocycles. The summed E-state index contributed by atoms with van der Waals surface area (Å²) < 4.78 is 0. The number of fused-ring (bicyclic) bond motifs is 1. The first-order valence-corrected chi connectivity index (χ1v) is 6.26. The van der Waals surface area contributed by atoms with Gasteiger partial charge < -0.3 is 10.6 Å². The first-order chi connectivity index (χ1) is 7.20. The van der Waals surface area contributed by atoms with Crippen LogP contribution >= 0.6 is 0 Å². The molecular formula is C12H22N2O. The van der Waals surface area contributed by atoms with E-state index >= 15 is 0 Å². The summed E-state index contributed by atoms with van der Waals surface area (Å²) >= 11 is 0. The Morgan fingerprint density at radius 2 is 1.93 bits per heavy atom. The highest BCUT2D eigenvalue weighted by atomic mass is 16.2. The number of hydrogen-bond acceptors (Lipinski definition) is 2. The smallest absolute Gasteiger partial charge is 0.239 e. The molecule has 0 spiro atoms. The normalized spacial score (nSPS) is 33.3. The van der Waals surface area contributed by atoms with Crippen LogP contribution < -0.4 is 5.73 Å². The van der Waals surface area contributed by atoms with Crippen molar-refractivity contribution in [2.24, 2.45) is 11.7 Å². The molecule has 0 radical (unpaired) electrons. The Bertz CT molecular complexity index is 238. The van der Waals surface area contributed by atoms with Crippen molar-refractivity contribution in [2.45, 2.75) is 57.5 Å². The average Bonchev–Trinajstić information content (AvgIpc) is 2.27. The van der Waals surface area contributed by atoms with Crippen molar-refractivity contribution in [3.05, 3.63) is 0 Å². The van der Waals surface area contributed by atoms with E-state index in [1.807, 2.05) is 0 Å². The molecule has 2 N–H and O–H groups in total. The van der Waals surface area contributed by atoms with E-state index in [1.54, 1.807) is 6.92 Å². The van der Waals surface area contributed by atoms with Crippen LogP contribution in [0.5, 0.6) is 0 Å². The molecule has 2 aliphatic rings. The van der Waals surface area contributed by atoms with Crippen LogP contribution in [0.4, 0.5) is 0 Å². The van der Waals surface area contributed by atoms with Gasteiger partial charge >= 0.3 is 0 Å². The van der Waals surface area contributed by atoms with E-state index < -0.39 is 0 Å². The van der Waals surface area contributed by atoms with E-state index in [9.17, 15) is 4.79 Å². The van der Waals surface area contributed by atoms with E-state index in [1.165, 1.54) is 38.5 Å². The standard InChI is InChI=1S/C12H22N2O/c1-9(13)12(15)14-8-4-6-10-5-2-3-7-11(10)14/h9-11H,2-8,13H2,1H3/t9-,10-,11+/m1/s1. The molecule has 2 fully saturated rings. The van der Waals surface area contributed by atoms with Crippen LogP contribution in [0.15, 0.2) is 0 Å². The zero-order valence-electron chi connectivity index (χ0n) is 9.61. The molecule has 1 aliphatic carbocycles. The molecule has 0 aromatic rings. The van der Waals surface area contributed by atoms with Crippen molar-refractivity contribution in [3.63, 3.8) is 0 Å². The van der Waals surface area contributed by atoms with Crippen molar-refractivity contribution in [1.29, 1.82) is 0 Å². The van der Waals surface area contributed by atoms with Crippen LogP contribution in [-0.2, 0) is 4.79 Å². The number of nitrogens with two attached hydrogens (primary N) is 1. The Labute approximate surface area is 92.0 Å². The van der Waals surface area contributed by atoms with Gasteiger partial charge in [-0.1, -0.05) is 12.8 Å². The van der Waals surface area contributed by atoms with Crippen LogP contribution in [0.25, 0.3) is 0 Å². The van der Waals surface area contributed by atoms with Gasteiger partial charge in [0.05, 0.1) is 6.04 Å². The molecule has 3 atom stereocenters. The Hall–Kier alpha value is -0.570. The van der Waals surface area contributed by atoms with Crippen molar-refractivity contribution in [2.75, 3.05) is 6.54 Å². The summed E-state index contributed by atoms with van der Waals surface area (Å²) in [5, 5.41) is 0. The minimum atomic E-state index is -0.328. The zero-order valence-corrected chi connectivity index (χ0v) is 9.61. The quantitative estimate of drug-likeness (QED) is 0.713. The van der Waals surface area contributed by atoms with Gasteiger partial charge in [-0.2, -0.15) is 0 Å². The summed E-state index contributed by atoms with van der Waals surface area (Å²) in [5.74, 6) is 0.918. The van der Waals surface area contributed by atoms with Gasteiger partial charge in [0, 0.05) is 12.6 Å². The Morgan fingerprint density at radius 1 is 1.27 bits per heavy atom. The van der Waals surface area contributed by atoms with E-state index in [0.29, 0.717) is 6.04 Å². The molecule has 0 aromatic carbocycles. The maximum Gasteiger partial charge on any atom is 0.239 e. The Morgan fingerprint density at radius 3 is 2.67 bits per heavy atom. The van der Waals surface area contributed by atoms with E-state index in [0.717, 1.165) is 12.5 Å². The van der Waals surface area contributed by atoms with Gasteiger partial charge in [0.25, 0.3) is 0 Å². The highest BCUT2D eigenvalue weighted by molar-refractivity contribution is 5.81. The Kier molecular flexibility index (Phi) is 3.29. The Balaban J connectivity index is 2.06. The molecule has 86 valence electrons. The second-order valence-electron chi connectivity index (χ2n) is 5.07. The molecule has 1 saturated heterocycles. The predicted octanol–water partition coefficient (Wildman–Crippen LogP) is 1.51. The molecule has 3 heteroatoms. The highest BCUT2D eigenvalue weighted by Gasteiger charge is 2.36. The molecule has 0 unspecified atom stereocenters. The largest absolute Gasteiger partial charge is 0.338 e. The summed E-state index contributed by atoms with van der Waals surface area (Å²) in [5.41, 5.74) is 5.70. The summed E-state index contributed by atoms with van der Waals surface area (Å²) in [6, 6.07) is 0.177. The molecule has 1 amide bonds. The SMILES string of the molecule is C[C@@H](N)C(=O)N1CCC[C@H]2CCCC[C@@H]21. The third kappa shape index (κ3) is 2.17. The fourth-order valence-corrected chi connectivity index (χ4v) is 3.16. The van der Waals surface area contributed by atoms with Crippen molar-refractivity contribution >= 4 is 5.91 Å². The number of likely N-dealkylation sites (tertiary alicyclic amines) is 1. The van der Waals surface area contributed by atoms with Crippen LogP contribution in [-0.4, -0.2) is 29.4 Å². The average molecular weight is 210 g/mol. The molecule has 3 nitrogen and oxygen atoms in total. The van der Waals surface area contributed by atoms with Crippen molar-refractivity contribution < 1.29 is 4.79 Å². The maximum absolute atomic E-state index is 12.0. The third-order valence-electron chi connectivity index (χ3n) is 3.92. The first-order valence-electron chi connectivity index (χ1n) is 6.26. The summed E-state index contributed by atoms with van der Waals surface area (Å²) in [6.07, 6.45) is 7.62. The summed E-state index contributed by atoms with van der Waals surface area (Å²) in [4.78, 5) is 14.0. The fraction of sp³-hybridized carbons (Fsp3) is 0.917. The molecule has 1 saturated carbocycles. The van der Waals surface area contributed by atoms with Crippen LogP contribution in [0, 0.1) is 5.92 Å². The zero-order chi connectivity index (χ0) is 10.8. The van der Waals surface area contributed by atoms with Crippen LogP contribution in [0.1, 0.15) is 45.4 Å². The monoisotopic (exact) mass is 210 g/mol. The molecule has 15 heavy (non-hydrogen) atoms. The minimum absolute atomic E-state index is 0.159. The van der Waals surface area contributed by atoms with Gasteiger partial charge in [-0.15, -0.1) is 0 Å². The molecule has 1 heterocycles. The van der Waals surface area contributed by atoms with Crippen LogP contribution in [0.2, 0.25) is 0 Å². The van der Waals surface area contributed by atoms with Gasteiger partial charge in [-0.05, 0) is 38.5 Å². The maximum atomic E-state index is 12.0. The summed E-state index contributed by atoms with van der Waals surface area (Å²) in [6.45, 7) is 2.73. The fourth-order valence-electron chi connectivity index (χ4n) is 3.16. The molecule has 2 rings (SSSR count). The van der Waals surface area contributed by atoms with Crippen molar-refractivity contribution in [3.8, 4) is 0 Å². The van der Waals surface area contributed by atoms with Gasteiger partial charge in [-0.25, -0.2) is 0 Å². The molecular weight excluding hydrogens is 188 g/mol. The summed E-state index contributed by atoms with van der Waals surface area (Å²) in [7, 11) is 0. The third-order valence-corrected chi connectivity index (χ3v) is 3.92. The number of hydrogen-bond donors (Lipinski definition) is 1.